The van der Waals surface area contributed by atoms with Crippen LogP contribution in [-0.2, 0) is 0 Å². The number of rotatable bonds is 1. The molecule has 10 aromatic rings. The zero-order chi connectivity index (χ0) is 27.8. The van der Waals surface area contributed by atoms with Gasteiger partial charge in [0, 0.05) is 41.7 Å². The Hall–Kier alpha value is -5.38. The molecule has 0 amide bonds. The molecule has 2 nitrogen and oxygen atoms in total. The first kappa shape index (κ1) is 22.2. The summed E-state index contributed by atoms with van der Waals surface area (Å²) in [6.07, 6.45) is 0. The van der Waals surface area contributed by atoms with E-state index in [0.717, 1.165) is 27.5 Å². The van der Waals surface area contributed by atoms with E-state index in [2.05, 4.69) is 126 Å². The minimum atomic E-state index is 0.928. The molecule has 3 aromatic heterocycles. The number of furan rings is 1. The Morgan fingerprint density at radius 2 is 1.23 bits per heavy atom. The van der Waals surface area contributed by atoms with Crippen molar-refractivity contribution in [2.75, 3.05) is 0 Å². The van der Waals surface area contributed by atoms with Crippen molar-refractivity contribution in [2.24, 2.45) is 0 Å². The molecular formula is C40H21NOS. The monoisotopic (exact) mass is 563 g/mol. The second-order valence-corrected chi connectivity index (χ2v) is 12.7. The topological polar surface area (TPSA) is 18.1 Å². The maximum atomic E-state index is 6.56. The predicted molar refractivity (Wildman–Crippen MR) is 183 cm³/mol. The Balaban J connectivity index is 1.27. The molecule has 0 bridgehead atoms. The maximum Gasteiger partial charge on any atom is 0.145 e. The quantitative estimate of drug-likeness (QED) is 0.194. The lowest BCUT2D eigenvalue weighted by Crippen LogP contribution is -1.95. The zero-order valence-corrected chi connectivity index (χ0v) is 23.7. The molecule has 1 aliphatic rings. The number of hydrogen-bond donors (Lipinski definition) is 0. The summed E-state index contributed by atoms with van der Waals surface area (Å²) in [4.78, 5) is 0. The van der Waals surface area contributed by atoms with Crippen molar-refractivity contribution in [2.45, 2.75) is 0 Å². The summed E-state index contributed by atoms with van der Waals surface area (Å²) < 4.78 is 11.7. The fourth-order valence-corrected chi connectivity index (χ4v) is 8.95. The van der Waals surface area contributed by atoms with Gasteiger partial charge >= 0.3 is 0 Å². The highest BCUT2D eigenvalue weighted by Gasteiger charge is 2.27. The van der Waals surface area contributed by atoms with Gasteiger partial charge in [-0.3, -0.25) is 0 Å². The lowest BCUT2D eigenvalue weighted by atomic mass is 9.98. The van der Waals surface area contributed by atoms with E-state index in [1.165, 1.54) is 75.2 Å². The summed E-state index contributed by atoms with van der Waals surface area (Å²) in [5.41, 5.74) is 10.8. The maximum absolute atomic E-state index is 6.56. The Morgan fingerprint density at radius 1 is 0.442 bits per heavy atom. The summed E-state index contributed by atoms with van der Waals surface area (Å²) >= 11 is 1.89. The Labute approximate surface area is 249 Å². The molecule has 0 fully saturated rings. The largest absolute Gasteiger partial charge is 0.455 e. The second kappa shape index (κ2) is 7.71. The van der Waals surface area contributed by atoms with Crippen LogP contribution in [0.1, 0.15) is 0 Å². The van der Waals surface area contributed by atoms with Gasteiger partial charge in [-0.15, -0.1) is 11.3 Å². The van der Waals surface area contributed by atoms with E-state index in [0.29, 0.717) is 0 Å². The summed E-state index contributed by atoms with van der Waals surface area (Å²) in [7, 11) is 0. The van der Waals surface area contributed by atoms with E-state index < -0.39 is 0 Å². The fraction of sp³-hybridized carbons (Fsp3) is 0. The SMILES string of the molecule is c1ccc2c(c1)oc1c2ccc2c1c1ccccc1n2-c1ccc2c3c(cccc13)-c1c-2ccc2sc3ccccc3c12. The van der Waals surface area contributed by atoms with Crippen LogP contribution in [0, 0.1) is 0 Å². The molecule has 7 aromatic carbocycles. The van der Waals surface area contributed by atoms with E-state index in [-0.39, 0.29) is 0 Å². The van der Waals surface area contributed by atoms with E-state index in [9.17, 15) is 0 Å². The highest BCUT2D eigenvalue weighted by atomic mass is 32.1. The zero-order valence-electron chi connectivity index (χ0n) is 22.9. The normalized spacial score (nSPS) is 12.7. The van der Waals surface area contributed by atoms with Crippen LogP contribution in [-0.4, -0.2) is 4.57 Å². The molecule has 11 rings (SSSR count). The van der Waals surface area contributed by atoms with E-state index in [1.54, 1.807) is 0 Å². The number of para-hydroxylation sites is 2. The predicted octanol–water partition coefficient (Wildman–Crippen LogP) is 11.9. The van der Waals surface area contributed by atoms with Gasteiger partial charge in [-0.05, 0) is 70.1 Å². The van der Waals surface area contributed by atoms with Gasteiger partial charge < -0.3 is 8.98 Å². The molecular weight excluding hydrogens is 543 g/mol. The molecule has 0 spiro atoms. The average molecular weight is 564 g/mol. The van der Waals surface area contributed by atoms with Crippen LogP contribution in [0.3, 0.4) is 0 Å². The van der Waals surface area contributed by atoms with Gasteiger partial charge in [0.15, 0.2) is 0 Å². The van der Waals surface area contributed by atoms with Gasteiger partial charge in [-0.2, -0.15) is 0 Å². The standard InChI is InChI=1S/C40H21NOS/c1-4-13-30-27(9-1)38-32(20-17-25-22-8-2-5-14-33(22)42-40(25)38)41(30)31-19-16-23-24-18-21-35-39(28-10-3-6-15-34(28)43-35)37(24)29-12-7-11-26(31)36(23)29/h1-21H. The molecule has 0 atom stereocenters. The molecule has 0 aliphatic heterocycles. The summed E-state index contributed by atoms with van der Waals surface area (Å²) in [5.74, 6) is 0. The number of fused-ring (bicyclic) bond motifs is 14. The van der Waals surface area contributed by atoms with Crippen molar-refractivity contribution in [3.8, 4) is 27.9 Å². The number of nitrogens with zero attached hydrogens (tertiary/aromatic N) is 1. The van der Waals surface area contributed by atoms with Gasteiger partial charge in [0.2, 0.25) is 0 Å². The lowest BCUT2D eigenvalue weighted by Gasteiger charge is -2.13. The van der Waals surface area contributed by atoms with Crippen LogP contribution in [0.25, 0.3) is 103 Å². The molecule has 0 radical (unpaired) electrons. The van der Waals surface area contributed by atoms with Crippen LogP contribution >= 0.6 is 11.3 Å². The van der Waals surface area contributed by atoms with Crippen molar-refractivity contribution in [1.82, 2.24) is 4.57 Å². The average Bonchev–Trinajstić information content (AvgIpc) is 3.79. The highest BCUT2D eigenvalue weighted by molar-refractivity contribution is 7.26. The number of aromatic nitrogens is 1. The molecule has 43 heavy (non-hydrogen) atoms. The van der Waals surface area contributed by atoms with Crippen molar-refractivity contribution in [3.05, 3.63) is 127 Å². The van der Waals surface area contributed by atoms with Gasteiger partial charge in [0.05, 0.1) is 22.1 Å². The number of thiophene rings is 1. The van der Waals surface area contributed by atoms with E-state index in [1.807, 2.05) is 17.4 Å². The highest BCUT2D eigenvalue weighted by Crippen LogP contribution is 2.54. The molecule has 0 N–H and O–H groups in total. The first-order valence-electron chi connectivity index (χ1n) is 14.7. The summed E-state index contributed by atoms with van der Waals surface area (Å²) in [6.45, 7) is 0. The lowest BCUT2D eigenvalue weighted by molar-refractivity contribution is 0.673. The fourth-order valence-electron chi connectivity index (χ4n) is 7.83. The smallest absolute Gasteiger partial charge is 0.145 e. The van der Waals surface area contributed by atoms with Gasteiger partial charge in [0.25, 0.3) is 0 Å². The molecule has 0 saturated heterocycles. The third-order valence-electron chi connectivity index (χ3n) is 9.54. The summed E-state index contributed by atoms with van der Waals surface area (Å²) in [5, 5.41) is 10.0. The molecule has 0 unspecified atom stereocenters. The first-order chi connectivity index (χ1) is 21.3. The first-order valence-corrected chi connectivity index (χ1v) is 15.5. The van der Waals surface area contributed by atoms with Crippen LogP contribution in [0.15, 0.2) is 132 Å². The molecule has 3 heteroatoms. The van der Waals surface area contributed by atoms with Crippen LogP contribution in [0.2, 0.25) is 0 Å². The van der Waals surface area contributed by atoms with Crippen LogP contribution in [0.5, 0.6) is 0 Å². The van der Waals surface area contributed by atoms with Gasteiger partial charge in [0.1, 0.15) is 11.2 Å². The van der Waals surface area contributed by atoms with E-state index in [4.69, 9.17) is 4.42 Å². The van der Waals surface area contributed by atoms with Gasteiger partial charge in [-0.1, -0.05) is 84.9 Å². The molecule has 3 heterocycles. The van der Waals surface area contributed by atoms with Crippen molar-refractivity contribution >= 4 is 86.0 Å². The second-order valence-electron chi connectivity index (χ2n) is 11.6. The minimum Gasteiger partial charge on any atom is -0.455 e. The third kappa shape index (κ3) is 2.65. The van der Waals surface area contributed by atoms with Crippen molar-refractivity contribution < 1.29 is 4.42 Å². The minimum absolute atomic E-state index is 0.928. The number of hydrogen-bond acceptors (Lipinski definition) is 2. The van der Waals surface area contributed by atoms with Gasteiger partial charge in [-0.25, -0.2) is 0 Å². The van der Waals surface area contributed by atoms with Crippen molar-refractivity contribution in [3.63, 3.8) is 0 Å². The summed E-state index contributed by atoms with van der Waals surface area (Å²) in [6, 6.07) is 46.6. The Kier molecular flexibility index (Phi) is 3.99. The van der Waals surface area contributed by atoms with Crippen molar-refractivity contribution in [1.29, 1.82) is 0 Å². The molecule has 198 valence electrons. The Bertz CT molecular complexity index is 2840. The van der Waals surface area contributed by atoms with Crippen LogP contribution in [0.4, 0.5) is 0 Å². The van der Waals surface area contributed by atoms with Crippen LogP contribution < -0.4 is 0 Å². The van der Waals surface area contributed by atoms with E-state index >= 15 is 0 Å². The number of benzene rings is 7. The molecule has 1 aliphatic carbocycles. The third-order valence-corrected chi connectivity index (χ3v) is 10.7. The Morgan fingerprint density at radius 3 is 2.19 bits per heavy atom. The molecule has 0 saturated carbocycles.